The molecule has 0 aliphatic carbocycles. The topological polar surface area (TPSA) is 97.1 Å². The van der Waals surface area contributed by atoms with Crippen LogP contribution < -0.4 is 16.4 Å². The first-order valence-electron chi connectivity index (χ1n) is 6.26. The number of hydrogen-bond donors (Lipinski definition) is 3. The molecular formula is C12H20N4O2S. The molecule has 1 rings (SSSR count). The number of nitrogens with zero attached hydrogens (tertiary/aromatic N) is 1. The van der Waals surface area contributed by atoms with Crippen molar-refractivity contribution >= 4 is 23.2 Å². The number of carbonyl (C=O) groups is 2. The minimum Gasteiger partial charge on any atom is -0.355 e. The lowest BCUT2D eigenvalue weighted by atomic mass is 10.3. The van der Waals surface area contributed by atoms with Gasteiger partial charge in [-0.1, -0.05) is 0 Å². The second kappa shape index (κ2) is 8.60. The van der Waals surface area contributed by atoms with Gasteiger partial charge in [-0.2, -0.15) is 0 Å². The van der Waals surface area contributed by atoms with E-state index in [2.05, 4.69) is 15.6 Å². The van der Waals surface area contributed by atoms with Gasteiger partial charge < -0.3 is 16.4 Å². The molecule has 0 unspecified atom stereocenters. The molecule has 0 fully saturated rings. The normalized spacial score (nSPS) is 10.2. The Kier molecular flexibility index (Phi) is 7.06. The van der Waals surface area contributed by atoms with Gasteiger partial charge in [-0.25, -0.2) is 4.98 Å². The molecule has 0 bridgehead atoms. The third kappa shape index (κ3) is 6.88. The molecule has 0 spiro atoms. The summed E-state index contributed by atoms with van der Waals surface area (Å²) < 4.78 is 0. The van der Waals surface area contributed by atoms with E-state index in [1.165, 1.54) is 6.92 Å². The van der Waals surface area contributed by atoms with Crippen molar-refractivity contribution in [2.75, 3.05) is 19.6 Å². The number of aryl methyl sites for hydroxylation is 1. The second-order valence-corrected chi connectivity index (χ2v) is 5.08. The van der Waals surface area contributed by atoms with Crippen LogP contribution in [0.25, 0.3) is 0 Å². The molecule has 0 atom stereocenters. The van der Waals surface area contributed by atoms with Gasteiger partial charge in [0.05, 0.1) is 17.1 Å². The highest BCUT2D eigenvalue weighted by Crippen LogP contribution is 2.11. The third-order valence-electron chi connectivity index (χ3n) is 2.36. The van der Waals surface area contributed by atoms with Crippen LogP contribution in [-0.4, -0.2) is 36.4 Å². The fourth-order valence-corrected chi connectivity index (χ4v) is 2.31. The first kappa shape index (κ1) is 15.6. The molecule has 2 amide bonds. The zero-order chi connectivity index (χ0) is 14.1. The minimum atomic E-state index is -0.0988. The number of nitrogens with one attached hydrogen (secondary N) is 2. The van der Waals surface area contributed by atoms with Gasteiger partial charge in [-0.05, 0) is 13.0 Å². The molecule has 0 aliphatic heterocycles. The highest BCUT2D eigenvalue weighted by molar-refractivity contribution is 7.09. The molecular weight excluding hydrogens is 264 g/mol. The fraction of sp³-hybridized carbons (Fsp3) is 0.583. The predicted octanol–water partition coefficient (Wildman–Crippen LogP) is -0.171. The van der Waals surface area contributed by atoms with Gasteiger partial charge in [0.25, 0.3) is 0 Å². The quantitative estimate of drug-likeness (QED) is 0.577. The number of aromatic nitrogens is 1. The summed E-state index contributed by atoms with van der Waals surface area (Å²) in [5.41, 5.74) is 6.22. The Balaban J connectivity index is 2.24. The van der Waals surface area contributed by atoms with Crippen LogP contribution in [0.1, 0.15) is 24.0 Å². The SMILES string of the molecule is CC(=O)NCCNC(=O)Cc1csc(CCCN)n1. The van der Waals surface area contributed by atoms with E-state index in [1.807, 2.05) is 5.38 Å². The van der Waals surface area contributed by atoms with Crippen molar-refractivity contribution in [3.05, 3.63) is 16.1 Å². The zero-order valence-electron chi connectivity index (χ0n) is 11.1. The molecule has 106 valence electrons. The van der Waals surface area contributed by atoms with E-state index in [-0.39, 0.29) is 18.2 Å². The monoisotopic (exact) mass is 284 g/mol. The van der Waals surface area contributed by atoms with Crippen LogP contribution >= 0.6 is 11.3 Å². The fourth-order valence-electron chi connectivity index (χ4n) is 1.47. The molecule has 7 heteroatoms. The molecule has 19 heavy (non-hydrogen) atoms. The van der Waals surface area contributed by atoms with Crippen molar-refractivity contribution in [2.45, 2.75) is 26.2 Å². The van der Waals surface area contributed by atoms with E-state index in [9.17, 15) is 9.59 Å². The van der Waals surface area contributed by atoms with E-state index < -0.39 is 0 Å². The first-order chi connectivity index (χ1) is 9.11. The minimum absolute atomic E-state index is 0.0824. The van der Waals surface area contributed by atoms with Gasteiger partial charge in [0.15, 0.2) is 0 Å². The molecule has 0 saturated carbocycles. The molecule has 1 heterocycles. The summed E-state index contributed by atoms with van der Waals surface area (Å²) in [6.45, 7) is 2.97. The molecule has 6 nitrogen and oxygen atoms in total. The van der Waals surface area contributed by atoms with E-state index in [0.717, 1.165) is 23.5 Å². The second-order valence-electron chi connectivity index (χ2n) is 4.13. The number of thiazole rings is 1. The summed E-state index contributed by atoms with van der Waals surface area (Å²) in [4.78, 5) is 26.6. The highest BCUT2D eigenvalue weighted by Gasteiger charge is 2.07. The average Bonchev–Trinajstić information content (AvgIpc) is 2.79. The predicted molar refractivity (Wildman–Crippen MR) is 74.9 cm³/mol. The molecule has 0 aromatic carbocycles. The maximum absolute atomic E-state index is 11.6. The lowest BCUT2D eigenvalue weighted by Crippen LogP contribution is -2.34. The van der Waals surface area contributed by atoms with E-state index in [1.54, 1.807) is 11.3 Å². The Labute approximate surface area is 116 Å². The number of nitrogens with two attached hydrogens (primary N) is 1. The van der Waals surface area contributed by atoms with Crippen molar-refractivity contribution in [3.63, 3.8) is 0 Å². The summed E-state index contributed by atoms with van der Waals surface area (Å²) in [5.74, 6) is -0.181. The molecule has 0 radical (unpaired) electrons. The Morgan fingerprint density at radius 3 is 2.79 bits per heavy atom. The van der Waals surface area contributed by atoms with Crippen LogP contribution in [0.2, 0.25) is 0 Å². The maximum atomic E-state index is 11.6. The largest absolute Gasteiger partial charge is 0.355 e. The molecule has 0 aliphatic rings. The number of carbonyl (C=O) groups excluding carboxylic acids is 2. The van der Waals surface area contributed by atoms with Gasteiger partial charge in [0, 0.05) is 31.8 Å². The van der Waals surface area contributed by atoms with Crippen LogP contribution in [0.15, 0.2) is 5.38 Å². The molecule has 1 aromatic rings. The highest BCUT2D eigenvalue weighted by atomic mass is 32.1. The number of amides is 2. The third-order valence-corrected chi connectivity index (χ3v) is 3.31. The van der Waals surface area contributed by atoms with Crippen molar-refractivity contribution in [1.82, 2.24) is 15.6 Å². The van der Waals surface area contributed by atoms with E-state index >= 15 is 0 Å². The lowest BCUT2D eigenvalue weighted by molar-refractivity contribution is -0.121. The van der Waals surface area contributed by atoms with Crippen LogP contribution in [-0.2, 0) is 22.4 Å². The smallest absolute Gasteiger partial charge is 0.226 e. The van der Waals surface area contributed by atoms with Gasteiger partial charge in [-0.15, -0.1) is 11.3 Å². The molecule has 4 N–H and O–H groups in total. The average molecular weight is 284 g/mol. The van der Waals surface area contributed by atoms with Gasteiger partial charge in [0.1, 0.15) is 0 Å². The number of hydrogen-bond acceptors (Lipinski definition) is 5. The Morgan fingerprint density at radius 2 is 2.11 bits per heavy atom. The number of rotatable bonds is 8. The Morgan fingerprint density at radius 1 is 1.37 bits per heavy atom. The zero-order valence-corrected chi connectivity index (χ0v) is 11.9. The summed E-state index contributed by atoms with van der Waals surface area (Å²) >= 11 is 1.56. The van der Waals surface area contributed by atoms with Gasteiger partial charge in [0.2, 0.25) is 11.8 Å². The van der Waals surface area contributed by atoms with Gasteiger partial charge in [-0.3, -0.25) is 9.59 Å². The summed E-state index contributed by atoms with van der Waals surface area (Å²) in [7, 11) is 0. The van der Waals surface area contributed by atoms with Crippen molar-refractivity contribution in [2.24, 2.45) is 5.73 Å². The van der Waals surface area contributed by atoms with Crippen LogP contribution in [0, 0.1) is 0 Å². The van der Waals surface area contributed by atoms with Crippen molar-refractivity contribution in [1.29, 1.82) is 0 Å². The molecule has 1 aromatic heterocycles. The summed E-state index contributed by atoms with van der Waals surface area (Å²) in [6, 6.07) is 0. The summed E-state index contributed by atoms with van der Waals surface area (Å²) in [6.07, 6.45) is 2.06. The summed E-state index contributed by atoms with van der Waals surface area (Å²) in [5, 5.41) is 8.26. The Hall–Kier alpha value is -1.47. The maximum Gasteiger partial charge on any atom is 0.226 e. The molecule has 0 saturated heterocycles. The van der Waals surface area contributed by atoms with Crippen LogP contribution in [0.4, 0.5) is 0 Å². The van der Waals surface area contributed by atoms with E-state index in [0.29, 0.717) is 19.6 Å². The first-order valence-corrected chi connectivity index (χ1v) is 7.14. The standard InChI is InChI=1S/C12H20N4O2S/c1-9(17)14-5-6-15-11(18)7-10-8-19-12(16-10)3-2-4-13/h8H,2-7,13H2,1H3,(H,14,17)(H,15,18). The lowest BCUT2D eigenvalue weighted by Gasteiger charge is -2.04. The van der Waals surface area contributed by atoms with Crippen LogP contribution in [0.5, 0.6) is 0 Å². The Bertz CT molecular complexity index is 420. The van der Waals surface area contributed by atoms with Crippen LogP contribution in [0.3, 0.4) is 0 Å². The van der Waals surface area contributed by atoms with Crippen molar-refractivity contribution in [3.8, 4) is 0 Å². The van der Waals surface area contributed by atoms with Gasteiger partial charge >= 0.3 is 0 Å². The van der Waals surface area contributed by atoms with E-state index in [4.69, 9.17) is 5.73 Å². The van der Waals surface area contributed by atoms with Crippen molar-refractivity contribution < 1.29 is 9.59 Å².